The van der Waals surface area contributed by atoms with Gasteiger partial charge in [-0.1, -0.05) is 31.5 Å². The normalized spacial score (nSPS) is 18.2. The number of hydrogen-bond donors (Lipinski definition) is 2. The van der Waals surface area contributed by atoms with Gasteiger partial charge in [-0.05, 0) is 18.1 Å². The molecule has 0 bridgehead atoms. The third-order valence-electron chi connectivity index (χ3n) is 3.26. The van der Waals surface area contributed by atoms with Crippen LogP contribution in [0.25, 0.3) is 0 Å². The first-order chi connectivity index (χ1) is 9.54. The summed E-state index contributed by atoms with van der Waals surface area (Å²) < 4.78 is 0. The molecular weight excluding hydrogens is 260 g/mol. The molecule has 1 atom stereocenters. The Balaban J connectivity index is 2.20. The van der Waals surface area contributed by atoms with Crippen LogP contribution in [0.4, 0.5) is 4.79 Å². The largest absolute Gasteiger partial charge is 0.478 e. The maximum absolute atomic E-state index is 12.1. The second kappa shape index (κ2) is 5.73. The molecule has 1 aliphatic rings. The van der Waals surface area contributed by atoms with E-state index >= 15 is 0 Å². The molecule has 0 aliphatic carbocycles. The van der Waals surface area contributed by atoms with E-state index in [-0.39, 0.29) is 18.0 Å². The molecule has 1 unspecified atom stereocenters. The lowest BCUT2D eigenvalue weighted by atomic mass is 10.1. The molecule has 20 heavy (non-hydrogen) atoms. The standard InChI is InChI=1S/C14H16N2O4/c1-2-5-11-12(17)16(14(20)15-11)8-9-6-3-4-7-10(9)13(18)19/h3-4,6-7,11H,2,5,8H2,1H3,(H,15,20)(H,18,19). The average molecular weight is 276 g/mol. The van der Waals surface area contributed by atoms with Gasteiger partial charge in [0.25, 0.3) is 5.91 Å². The number of carbonyl (C=O) groups is 3. The van der Waals surface area contributed by atoms with Gasteiger partial charge >= 0.3 is 12.0 Å². The predicted molar refractivity (Wildman–Crippen MR) is 71.2 cm³/mol. The van der Waals surface area contributed by atoms with Gasteiger partial charge in [0.2, 0.25) is 0 Å². The van der Waals surface area contributed by atoms with E-state index in [1.54, 1.807) is 18.2 Å². The van der Waals surface area contributed by atoms with Gasteiger partial charge in [0.1, 0.15) is 6.04 Å². The summed E-state index contributed by atoms with van der Waals surface area (Å²) in [5.74, 6) is -1.37. The van der Waals surface area contributed by atoms with Crippen LogP contribution in [-0.2, 0) is 11.3 Å². The number of nitrogens with zero attached hydrogens (tertiary/aromatic N) is 1. The zero-order chi connectivity index (χ0) is 14.7. The van der Waals surface area contributed by atoms with Crippen LogP contribution in [0.1, 0.15) is 35.7 Å². The SMILES string of the molecule is CCCC1NC(=O)N(Cc2ccccc2C(=O)O)C1=O. The maximum Gasteiger partial charge on any atom is 0.336 e. The van der Waals surface area contributed by atoms with Crippen molar-refractivity contribution in [2.45, 2.75) is 32.4 Å². The molecule has 0 spiro atoms. The molecule has 1 fully saturated rings. The molecule has 6 nitrogen and oxygen atoms in total. The van der Waals surface area contributed by atoms with Crippen molar-refractivity contribution in [3.63, 3.8) is 0 Å². The van der Waals surface area contributed by atoms with Crippen LogP contribution in [0.15, 0.2) is 24.3 Å². The van der Waals surface area contributed by atoms with Crippen molar-refractivity contribution < 1.29 is 19.5 Å². The van der Waals surface area contributed by atoms with Gasteiger partial charge in [0.05, 0.1) is 12.1 Å². The second-order valence-corrected chi connectivity index (χ2v) is 4.68. The summed E-state index contributed by atoms with van der Waals surface area (Å²) in [6.45, 7) is 1.91. The van der Waals surface area contributed by atoms with Crippen LogP contribution in [-0.4, -0.2) is 34.0 Å². The lowest BCUT2D eigenvalue weighted by Gasteiger charge is -2.14. The molecule has 2 rings (SSSR count). The van der Waals surface area contributed by atoms with Crippen molar-refractivity contribution in [3.8, 4) is 0 Å². The number of rotatable bonds is 5. The quantitative estimate of drug-likeness (QED) is 0.800. The van der Waals surface area contributed by atoms with Crippen molar-refractivity contribution in [3.05, 3.63) is 35.4 Å². The Morgan fingerprint density at radius 2 is 2.05 bits per heavy atom. The van der Waals surface area contributed by atoms with Crippen LogP contribution < -0.4 is 5.32 Å². The van der Waals surface area contributed by atoms with E-state index in [2.05, 4.69) is 5.32 Å². The van der Waals surface area contributed by atoms with Gasteiger partial charge in [-0.25, -0.2) is 9.59 Å². The first-order valence-electron chi connectivity index (χ1n) is 6.47. The Hall–Kier alpha value is -2.37. The van der Waals surface area contributed by atoms with Crippen LogP contribution in [0.2, 0.25) is 0 Å². The molecule has 1 aromatic carbocycles. The smallest absolute Gasteiger partial charge is 0.336 e. The van der Waals surface area contributed by atoms with Crippen LogP contribution in [0.3, 0.4) is 0 Å². The number of carboxylic acid groups (broad SMARTS) is 1. The van der Waals surface area contributed by atoms with E-state index in [9.17, 15) is 14.4 Å². The number of carboxylic acids is 1. The van der Waals surface area contributed by atoms with E-state index in [1.165, 1.54) is 6.07 Å². The highest BCUT2D eigenvalue weighted by molar-refractivity contribution is 6.04. The van der Waals surface area contributed by atoms with Crippen molar-refractivity contribution >= 4 is 17.9 Å². The first kappa shape index (κ1) is 14.0. The van der Waals surface area contributed by atoms with Crippen molar-refractivity contribution in [1.82, 2.24) is 10.2 Å². The van der Waals surface area contributed by atoms with Gasteiger partial charge in [-0.15, -0.1) is 0 Å². The molecule has 3 amide bonds. The lowest BCUT2D eigenvalue weighted by Crippen LogP contribution is -2.31. The molecule has 2 N–H and O–H groups in total. The van der Waals surface area contributed by atoms with Crippen LogP contribution in [0, 0.1) is 0 Å². The highest BCUT2D eigenvalue weighted by atomic mass is 16.4. The minimum atomic E-state index is -1.07. The van der Waals surface area contributed by atoms with E-state index in [1.807, 2.05) is 6.92 Å². The second-order valence-electron chi connectivity index (χ2n) is 4.68. The zero-order valence-electron chi connectivity index (χ0n) is 11.1. The van der Waals surface area contributed by atoms with Gasteiger partial charge in [-0.2, -0.15) is 0 Å². The lowest BCUT2D eigenvalue weighted by molar-refractivity contribution is -0.128. The summed E-state index contributed by atoms with van der Waals surface area (Å²) in [6.07, 6.45) is 1.37. The first-order valence-corrected chi connectivity index (χ1v) is 6.47. The molecule has 1 aliphatic heterocycles. The fourth-order valence-electron chi connectivity index (χ4n) is 2.25. The number of urea groups is 1. The Bertz CT molecular complexity index is 556. The van der Waals surface area contributed by atoms with E-state index < -0.39 is 18.0 Å². The molecule has 0 radical (unpaired) electrons. The number of imide groups is 1. The van der Waals surface area contributed by atoms with Gasteiger partial charge in [0, 0.05) is 0 Å². The van der Waals surface area contributed by atoms with Crippen molar-refractivity contribution in [2.75, 3.05) is 0 Å². The zero-order valence-corrected chi connectivity index (χ0v) is 11.1. The predicted octanol–water partition coefficient (Wildman–Crippen LogP) is 1.61. The van der Waals surface area contributed by atoms with Crippen molar-refractivity contribution in [1.29, 1.82) is 0 Å². The summed E-state index contributed by atoms with van der Waals surface area (Å²) in [6, 6.07) is 5.40. The summed E-state index contributed by atoms with van der Waals surface area (Å²) in [5.41, 5.74) is 0.549. The monoisotopic (exact) mass is 276 g/mol. The fourth-order valence-corrected chi connectivity index (χ4v) is 2.25. The molecule has 0 aromatic heterocycles. The average Bonchev–Trinajstić information content (AvgIpc) is 2.67. The Morgan fingerprint density at radius 3 is 2.70 bits per heavy atom. The molecular formula is C14H16N2O4. The van der Waals surface area contributed by atoms with Gasteiger partial charge < -0.3 is 10.4 Å². The van der Waals surface area contributed by atoms with Gasteiger partial charge in [-0.3, -0.25) is 9.69 Å². The van der Waals surface area contributed by atoms with E-state index in [0.717, 1.165) is 11.3 Å². The Labute approximate surface area is 116 Å². The number of hydrogen-bond acceptors (Lipinski definition) is 3. The number of aromatic carboxylic acids is 1. The van der Waals surface area contributed by atoms with E-state index in [4.69, 9.17) is 5.11 Å². The van der Waals surface area contributed by atoms with Crippen LogP contribution >= 0.6 is 0 Å². The Kier molecular flexibility index (Phi) is 4.02. The van der Waals surface area contributed by atoms with E-state index in [0.29, 0.717) is 12.0 Å². The third kappa shape index (κ3) is 2.64. The molecule has 106 valence electrons. The minimum absolute atomic E-state index is 0.0205. The summed E-state index contributed by atoms with van der Waals surface area (Å²) in [7, 11) is 0. The molecule has 6 heteroatoms. The third-order valence-corrected chi connectivity index (χ3v) is 3.26. The Morgan fingerprint density at radius 1 is 1.35 bits per heavy atom. The highest BCUT2D eigenvalue weighted by Crippen LogP contribution is 2.17. The summed E-state index contributed by atoms with van der Waals surface area (Å²) in [4.78, 5) is 36.1. The topological polar surface area (TPSA) is 86.7 Å². The highest BCUT2D eigenvalue weighted by Gasteiger charge is 2.37. The molecule has 1 aromatic rings. The fraction of sp³-hybridized carbons (Fsp3) is 0.357. The maximum atomic E-state index is 12.1. The summed E-state index contributed by atoms with van der Waals surface area (Å²) in [5, 5.41) is 11.7. The number of benzene rings is 1. The van der Waals surface area contributed by atoms with Crippen LogP contribution in [0.5, 0.6) is 0 Å². The number of carbonyl (C=O) groups excluding carboxylic acids is 2. The minimum Gasteiger partial charge on any atom is -0.478 e. The molecule has 1 heterocycles. The molecule has 1 saturated heterocycles. The van der Waals surface area contributed by atoms with Gasteiger partial charge in [0.15, 0.2) is 0 Å². The number of nitrogens with one attached hydrogen (secondary N) is 1. The number of amides is 3. The van der Waals surface area contributed by atoms with Crippen molar-refractivity contribution in [2.24, 2.45) is 0 Å². The summed E-state index contributed by atoms with van der Waals surface area (Å²) >= 11 is 0. The molecule has 0 saturated carbocycles.